The molecule has 1 saturated carbocycles. The zero-order valence-corrected chi connectivity index (χ0v) is 50.2. The highest BCUT2D eigenvalue weighted by Gasteiger charge is 2.54. The van der Waals surface area contributed by atoms with E-state index < -0.39 is 66.1 Å². The minimum Gasteiger partial charge on any atom is -0.396 e. The van der Waals surface area contributed by atoms with Gasteiger partial charge >= 0.3 is 5.91 Å². The van der Waals surface area contributed by atoms with Crippen LogP contribution in [0.3, 0.4) is 0 Å². The third-order valence-corrected chi connectivity index (χ3v) is 19.9. The minimum absolute atomic E-state index is 0.0336. The van der Waals surface area contributed by atoms with E-state index in [4.69, 9.17) is 0 Å². The SMILES string of the molecule is CCC(NC)C(=O)NC1C(=O)N2C(CCC1CO)CCC2C(=O)NC(C(=O)NCCCCC1CCC(CCCC[N+]2(C(=O)C(NC(=O)C3CCC4CCC(CO)C(NC(=O)C(CC)NC)C(=O)N43)c3ccccc3)CC2)CC1)c1ccccc1. The van der Waals surface area contributed by atoms with Crippen LogP contribution in [0.25, 0.3) is 0 Å². The van der Waals surface area contributed by atoms with Gasteiger partial charge in [-0.15, -0.1) is 0 Å². The van der Waals surface area contributed by atoms with Crippen LogP contribution >= 0.6 is 0 Å². The van der Waals surface area contributed by atoms with Gasteiger partial charge in [0, 0.05) is 43.7 Å². The highest BCUT2D eigenvalue weighted by atomic mass is 16.3. The van der Waals surface area contributed by atoms with Crippen LogP contribution in [0.15, 0.2) is 60.7 Å². The van der Waals surface area contributed by atoms with E-state index in [0.717, 1.165) is 51.6 Å². The summed E-state index contributed by atoms with van der Waals surface area (Å²) in [5.41, 5.74) is 1.34. The second-order valence-electron chi connectivity index (χ2n) is 25.0. The molecule has 0 bridgehead atoms. The van der Waals surface area contributed by atoms with Crippen molar-refractivity contribution < 1.29 is 53.1 Å². The molecule has 2 aromatic carbocycles. The van der Waals surface area contributed by atoms with E-state index in [2.05, 4.69) is 37.2 Å². The highest BCUT2D eigenvalue weighted by Crippen LogP contribution is 2.39. The van der Waals surface area contributed by atoms with Crippen molar-refractivity contribution in [1.82, 2.24) is 47.0 Å². The number of benzene rings is 2. The maximum Gasteiger partial charge on any atom is 0.341 e. The van der Waals surface area contributed by atoms with Crippen molar-refractivity contribution in [3.05, 3.63) is 71.8 Å². The predicted octanol–water partition coefficient (Wildman–Crippen LogP) is 3.81. The van der Waals surface area contributed by atoms with Gasteiger partial charge in [-0.2, -0.15) is 0 Å². The smallest absolute Gasteiger partial charge is 0.341 e. The molecule has 84 heavy (non-hydrogen) atoms. The van der Waals surface area contributed by atoms with Gasteiger partial charge in [-0.05, 0) is 121 Å². The van der Waals surface area contributed by atoms with E-state index in [0.29, 0.717) is 105 Å². The average molecular weight is 1170 g/mol. The lowest BCUT2D eigenvalue weighted by molar-refractivity contribution is -0.720. The molecule has 6 aliphatic rings. The molecule has 462 valence electrons. The number of aliphatic hydroxyl groups excluding tert-OH is 2. The molecule has 8 rings (SSSR count). The lowest BCUT2D eigenvalue weighted by Gasteiger charge is -2.33. The van der Waals surface area contributed by atoms with E-state index in [-0.39, 0.29) is 66.6 Å². The number of hydrogen-bond acceptors (Lipinski definition) is 12. The average Bonchev–Trinajstić information content (AvgIpc) is 4.30. The predicted molar refractivity (Wildman–Crippen MR) is 318 cm³/mol. The fraction of sp³-hybridized carbons (Fsp3) is 0.688. The third-order valence-electron chi connectivity index (χ3n) is 19.9. The molecule has 5 saturated heterocycles. The summed E-state index contributed by atoms with van der Waals surface area (Å²) < 4.78 is 0.316. The van der Waals surface area contributed by atoms with Gasteiger partial charge in [0.05, 0.1) is 18.6 Å². The van der Waals surface area contributed by atoms with Crippen molar-refractivity contribution in [2.75, 3.05) is 53.5 Å². The molecule has 1 aliphatic carbocycles. The van der Waals surface area contributed by atoms with Gasteiger partial charge in [0.2, 0.25) is 41.4 Å². The molecule has 2 aromatic rings. The Balaban J connectivity index is 0.768. The number of aliphatic hydroxyl groups is 2. The molecule has 20 nitrogen and oxygen atoms in total. The molecule has 12 atom stereocenters. The summed E-state index contributed by atoms with van der Waals surface area (Å²) in [6.07, 6.45) is 16.0. The number of amides is 8. The van der Waals surface area contributed by atoms with E-state index in [9.17, 15) is 48.6 Å². The number of likely N-dealkylation sites (N-methyl/N-ethyl adjacent to an activating group) is 2. The molecule has 0 radical (unpaired) electrons. The first kappa shape index (κ1) is 64.2. The Morgan fingerprint density at radius 1 is 0.548 bits per heavy atom. The zero-order valence-electron chi connectivity index (χ0n) is 50.2. The summed E-state index contributed by atoms with van der Waals surface area (Å²) >= 11 is 0. The normalized spacial score (nSPS) is 27.8. The van der Waals surface area contributed by atoms with Crippen LogP contribution in [0.5, 0.6) is 0 Å². The monoisotopic (exact) mass is 1170 g/mol. The van der Waals surface area contributed by atoms with Gasteiger partial charge in [-0.1, -0.05) is 119 Å². The van der Waals surface area contributed by atoms with Crippen LogP contribution in [-0.2, 0) is 38.4 Å². The lowest BCUT2D eigenvalue weighted by atomic mass is 9.78. The number of quaternary nitrogens is 1. The number of carbonyl (C=O) groups excluding carboxylic acids is 8. The van der Waals surface area contributed by atoms with Gasteiger partial charge in [0.1, 0.15) is 43.3 Å². The number of unbranched alkanes of at least 4 members (excludes halogenated alkanes) is 2. The van der Waals surface area contributed by atoms with Crippen LogP contribution in [-0.4, -0.2) is 174 Å². The molecule has 20 heteroatoms. The summed E-state index contributed by atoms with van der Waals surface area (Å²) in [6, 6.07) is 11.7. The molecular weight excluding hydrogens is 1070 g/mol. The number of nitrogens with zero attached hydrogens (tertiary/aromatic N) is 3. The molecule has 8 amide bonds. The van der Waals surface area contributed by atoms with Crippen molar-refractivity contribution in [2.24, 2.45) is 23.7 Å². The molecular formula is C64H97N10O10+. The molecule has 0 aromatic heterocycles. The topological polar surface area (TPSA) is 268 Å². The lowest BCUT2D eigenvalue weighted by Crippen LogP contribution is -2.59. The Labute approximate surface area is 497 Å². The Morgan fingerprint density at radius 2 is 0.976 bits per heavy atom. The van der Waals surface area contributed by atoms with E-state index in [1.165, 1.54) is 25.7 Å². The molecule has 12 unspecified atom stereocenters. The van der Waals surface area contributed by atoms with Crippen molar-refractivity contribution in [2.45, 2.75) is 203 Å². The fourth-order valence-corrected chi connectivity index (χ4v) is 14.5. The minimum atomic E-state index is -0.971. The van der Waals surface area contributed by atoms with Crippen LogP contribution in [0, 0.1) is 23.7 Å². The van der Waals surface area contributed by atoms with Gasteiger partial charge in [0.25, 0.3) is 0 Å². The van der Waals surface area contributed by atoms with Crippen molar-refractivity contribution in [3.63, 3.8) is 0 Å². The van der Waals surface area contributed by atoms with E-state index >= 15 is 0 Å². The van der Waals surface area contributed by atoms with Crippen molar-refractivity contribution >= 4 is 47.3 Å². The molecule has 5 heterocycles. The first-order valence-electron chi connectivity index (χ1n) is 31.9. The zero-order chi connectivity index (χ0) is 59.9. The number of hydrogen-bond donors (Lipinski definition) is 9. The van der Waals surface area contributed by atoms with E-state index in [1.54, 1.807) is 23.9 Å². The Kier molecular flexibility index (Phi) is 23.3. The van der Waals surface area contributed by atoms with Crippen LogP contribution in [0.2, 0.25) is 0 Å². The summed E-state index contributed by atoms with van der Waals surface area (Å²) in [5, 5.41) is 41.6. The van der Waals surface area contributed by atoms with Crippen LogP contribution in [0.1, 0.15) is 165 Å². The maximum absolute atomic E-state index is 14.7. The van der Waals surface area contributed by atoms with Crippen LogP contribution < -0.4 is 37.2 Å². The first-order chi connectivity index (χ1) is 40.7. The molecule has 9 N–H and O–H groups in total. The molecule has 0 spiro atoms. The molecule has 6 fully saturated rings. The number of nitrogens with one attached hydrogen (secondary N) is 7. The van der Waals surface area contributed by atoms with Gasteiger partial charge in [-0.3, -0.25) is 33.6 Å². The fourth-order valence-electron chi connectivity index (χ4n) is 14.5. The first-order valence-corrected chi connectivity index (χ1v) is 31.9. The summed E-state index contributed by atoms with van der Waals surface area (Å²) in [7, 11) is 3.38. The highest BCUT2D eigenvalue weighted by molar-refractivity contribution is 5.97. The Morgan fingerprint density at radius 3 is 1.40 bits per heavy atom. The molecule has 5 aliphatic heterocycles. The van der Waals surface area contributed by atoms with Crippen molar-refractivity contribution in [1.29, 1.82) is 0 Å². The van der Waals surface area contributed by atoms with Gasteiger partial charge < -0.3 is 57.2 Å². The Bertz CT molecular complexity index is 2540. The quantitative estimate of drug-likeness (QED) is 0.0335. The second kappa shape index (κ2) is 30.5. The number of fused-ring (bicyclic) bond motifs is 2. The maximum atomic E-state index is 14.7. The van der Waals surface area contributed by atoms with Crippen LogP contribution in [0.4, 0.5) is 0 Å². The van der Waals surface area contributed by atoms with E-state index in [1.807, 2.05) is 74.5 Å². The second-order valence-corrected chi connectivity index (χ2v) is 25.0. The van der Waals surface area contributed by atoms with Crippen molar-refractivity contribution in [3.8, 4) is 0 Å². The Hall–Kier alpha value is -5.80. The largest absolute Gasteiger partial charge is 0.396 e. The van der Waals surface area contributed by atoms with Gasteiger partial charge in [0.15, 0.2) is 6.04 Å². The summed E-state index contributed by atoms with van der Waals surface area (Å²) in [6.45, 7) is 5.84. The summed E-state index contributed by atoms with van der Waals surface area (Å²) in [5.74, 6) is -2.22. The standard InChI is InChI=1S/C64H96N10O10/c1-5-49(65-3)57(77)69-54-45(39-75)27-29-47-31-33-51(72(47)62(54)82)59(79)68-53(43-19-9-7-10-20-43)61(81)67-35-15-13-17-41-23-25-42(26-24-41)18-14-16-36-74(37-38-74)64(84)56(44-21-11-8-12-22-44)71-60(80)52-34-32-48-30-28-46(40-76)55(63(83)73(48)52)70-58(78)50(6-2)66-4/h7-12,19-22,41-42,45-56,65-66,75-76H,5-6,13-18,23-40H2,1-4H3,(H4-,67,68,69,70,71,77,78,79,80,81)/p+1. The number of rotatable bonds is 28. The third kappa shape index (κ3) is 15.4. The number of carbonyl (C=O) groups is 8. The summed E-state index contributed by atoms with van der Waals surface area (Å²) in [4.78, 5) is 115. The van der Waals surface area contributed by atoms with Gasteiger partial charge in [-0.25, -0.2) is 9.28 Å².